The van der Waals surface area contributed by atoms with Gasteiger partial charge in [0.2, 0.25) is 5.88 Å². The molecule has 0 spiro atoms. The lowest BCUT2D eigenvalue weighted by molar-refractivity contribution is -0.167. The molecule has 3 atom stereocenters. The number of carbonyl (C=O) groups is 8. The van der Waals surface area contributed by atoms with Gasteiger partial charge in [-0.1, -0.05) is 24.3 Å². The smallest absolute Gasteiger partial charge is 0.329 e. The summed E-state index contributed by atoms with van der Waals surface area (Å²) >= 11 is 0. The van der Waals surface area contributed by atoms with Crippen LogP contribution in [0, 0.1) is 0 Å². The Morgan fingerprint density at radius 1 is 0.678 bits per heavy atom. The van der Waals surface area contributed by atoms with Crippen LogP contribution in [0.3, 0.4) is 0 Å². The second-order valence-corrected chi connectivity index (χ2v) is 13.7. The number of esters is 4. The molecule has 3 aromatic rings. The maximum Gasteiger partial charge on any atom is 0.329 e. The summed E-state index contributed by atoms with van der Waals surface area (Å²) in [6, 6.07) is 11.3. The summed E-state index contributed by atoms with van der Waals surface area (Å²) in [7, 11) is 6.57. The van der Waals surface area contributed by atoms with E-state index in [1.807, 2.05) is 24.3 Å². The molecule has 20 heteroatoms. The van der Waals surface area contributed by atoms with Gasteiger partial charge in [-0.05, 0) is 37.1 Å². The Labute approximate surface area is 339 Å². The lowest BCUT2D eigenvalue weighted by Gasteiger charge is -2.29. The molecule has 0 radical (unpaired) electrons. The summed E-state index contributed by atoms with van der Waals surface area (Å²) in [5.74, 6) is -6.57. The van der Waals surface area contributed by atoms with Gasteiger partial charge in [0, 0.05) is 58.6 Å². The number of benzene rings is 1. The van der Waals surface area contributed by atoms with Gasteiger partial charge in [-0.15, -0.1) is 0 Å². The summed E-state index contributed by atoms with van der Waals surface area (Å²) in [6.45, 7) is -0.501. The van der Waals surface area contributed by atoms with Gasteiger partial charge < -0.3 is 43.3 Å². The fourth-order valence-electron chi connectivity index (χ4n) is 5.71. The van der Waals surface area contributed by atoms with E-state index in [9.17, 15) is 38.4 Å². The molecule has 2 aromatic heterocycles. The Balaban J connectivity index is 1.53. The molecule has 316 valence electrons. The minimum absolute atomic E-state index is 0.0841. The topological polar surface area (TPSA) is 226 Å². The van der Waals surface area contributed by atoms with Crippen LogP contribution in [-0.4, -0.2) is 168 Å². The van der Waals surface area contributed by atoms with E-state index in [0.29, 0.717) is 18.0 Å². The Kier molecular flexibility index (Phi) is 15.6. The van der Waals surface area contributed by atoms with Crippen molar-refractivity contribution in [3.8, 4) is 17.1 Å². The van der Waals surface area contributed by atoms with Crippen LogP contribution in [0.15, 0.2) is 54.9 Å². The Bertz CT molecular complexity index is 2020. The molecule has 0 N–H and O–H groups in total. The van der Waals surface area contributed by atoms with Crippen LogP contribution < -0.4 is 4.74 Å². The standard InChI is InChI=1S/C39H47N7O13/c1-24-37(52)43(4)20-35(50)57-23-33(48)45(6)30(39(54)59-25(2)38(53)44(5)19-34(49)56-22-32(47)42(3)21-36(51)58-24)16-26-8-10-27(11-9-26)18-46-29(14-15-41-46)28-12-13-31(55-7)40-17-28/h8-15,17,24-25,30H,16,18-23H2,1-7H3. The van der Waals surface area contributed by atoms with Gasteiger partial charge in [0.05, 0.1) is 19.3 Å². The number of nitrogens with zero attached hydrogens (tertiary/aromatic N) is 7. The summed E-state index contributed by atoms with van der Waals surface area (Å²) in [5.41, 5.74) is 3.12. The number of amides is 4. The van der Waals surface area contributed by atoms with Crippen LogP contribution in [-0.2, 0) is 70.3 Å². The molecular weight excluding hydrogens is 774 g/mol. The fourth-order valence-corrected chi connectivity index (χ4v) is 5.71. The predicted octanol–water partition coefficient (Wildman–Crippen LogP) is -0.290. The number of hydrogen-bond donors (Lipinski definition) is 0. The van der Waals surface area contributed by atoms with Crippen molar-refractivity contribution < 1.29 is 62.0 Å². The van der Waals surface area contributed by atoms with Crippen molar-refractivity contribution in [1.82, 2.24) is 34.4 Å². The molecule has 3 heterocycles. The van der Waals surface area contributed by atoms with E-state index in [0.717, 1.165) is 36.4 Å². The van der Waals surface area contributed by atoms with E-state index < -0.39 is 98.6 Å². The third-order valence-corrected chi connectivity index (χ3v) is 9.16. The van der Waals surface area contributed by atoms with Crippen molar-refractivity contribution in [3.05, 3.63) is 66.0 Å². The molecule has 0 aliphatic carbocycles. The molecule has 1 saturated heterocycles. The zero-order valence-corrected chi connectivity index (χ0v) is 33.8. The van der Waals surface area contributed by atoms with E-state index >= 15 is 0 Å². The third kappa shape index (κ3) is 12.6. The first-order valence-corrected chi connectivity index (χ1v) is 18.3. The highest BCUT2D eigenvalue weighted by Crippen LogP contribution is 2.22. The molecule has 1 aromatic carbocycles. The fraction of sp³-hybridized carbons (Fsp3) is 0.436. The second kappa shape index (κ2) is 20.5. The van der Waals surface area contributed by atoms with Crippen LogP contribution >= 0.6 is 0 Å². The first kappa shape index (κ1) is 44.8. The number of cyclic esters (lactones) is 4. The Morgan fingerprint density at radius 2 is 1.24 bits per heavy atom. The Morgan fingerprint density at radius 3 is 1.81 bits per heavy atom. The number of hydrogen-bond acceptors (Lipinski definition) is 15. The maximum atomic E-state index is 13.7. The number of carbonyl (C=O) groups excluding carboxylic acids is 8. The van der Waals surface area contributed by atoms with Gasteiger partial charge in [0.15, 0.2) is 25.4 Å². The van der Waals surface area contributed by atoms with E-state index in [-0.39, 0.29) is 6.42 Å². The number of likely N-dealkylation sites (N-methyl/N-ethyl adjacent to an activating group) is 4. The second-order valence-electron chi connectivity index (χ2n) is 13.7. The number of methoxy groups -OCH3 is 1. The largest absolute Gasteiger partial charge is 0.481 e. The zero-order valence-electron chi connectivity index (χ0n) is 33.8. The van der Waals surface area contributed by atoms with Crippen molar-refractivity contribution in [2.75, 3.05) is 68.1 Å². The molecule has 1 aliphatic rings. The SMILES string of the molecule is COc1ccc(-c2ccnn2Cc2ccc(CC3C(=O)OC(C)C(=O)N(C)CC(=O)OCC(=O)N(C)CC(=O)OC(C)C(=O)N(C)CC(=O)OCC(=O)N3C)cc2)cn1. The van der Waals surface area contributed by atoms with Crippen molar-refractivity contribution in [2.45, 2.75) is 45.1 Å². The highest BCUT2D eigenvalue weighted by molar-refractivity contribution is 5.91. The van der Waals surface area contributed by atoms with E-state index in [4.69, 9.17) is 23.7 Å². The lowest BCUT2D eigenvalue weighted by Crippen LogP contribution is -2.49. The highest BCUT2D eigenvalue weighted by atomic mass is 16.6. The van der Waals surface area contributed by atoms with Crippen molar-refractivity contribution in [2.24, 2.45) is 0 Å². The van der Waals surface area contributed by atoms with Crippen LogP contribution in [0.25, 0.3) is 11.3 Å². The number of ether oxygens (including phenoxy) is 5. The number of pyridine rings is 1. The summed E-state index contributed by atoms with van der Waals surface area (Å²) in [5, 5.41) is 4.44. The van der Waals surface area contributed by atoms with Crippen LogP contribution in [0.1, 0.15) is 25.0 Å². The highest BCUT2D eigenvalue weighted by Gasteiger charge is 2.33. The normalized spacial score (nSPS) is 20.4. The van der Waals surface area contributed by atoms with E-state index in [1.165, 1.54) is 49.1 Å². The quantitative estimate of drug-likeness (QED) is 0.230. The van der Waals surface area contributed by atoms with Gasteiger partial charge in [-0.25, -0.2) is 9.78 Å². The molecule has 0 bridgehead atoms. The van der Waals surface area contributed by atoms with Crippen molar-refractivity contribution in [3.63, 3.8) is 0 Å². The maximum absolute atomic E-state index is 13.7. The Hall–Kier alpha value is -6.86. The van der Waals surface area contributed by atoms with Gasteiger partial charge in [-0.3, -0.25) is 38.2 Å². The number of rotatable bonds is 6. The van der Waals surface area contributed by atoms with Crippen LogP contribution in [0.4, 0.5) is 0 Å². The first-order chi connectivity index (χ1) is 28.0. The van der Waals surface area contributed by atoms with Gasteiger partial charge in [0.1, 0.15) is 25.7 Å². The summed E-state index contributed by atoms with van der Waals surface area (Å²) in [6.07, 6.45) is 0.466. The minimum Gasteiger partial charge on any atom is -0.481 e. The molecule has 1 aliphatic heterocycles. The zero-order chi connectivity index (χ0) is 43.4. The lowest BCUT2D eigenvalue weighted by atomic mass is 10.0. The van der Waals surface area contributed by atoms with Crippen molar-refractivity contribution in [1.29, 1.82) is 0 Å². The number of aromatic nitrogens is 3. The predicted molar refractivity (Wildman–Crippen MR) is 204 cm³/mol. The van der Waals surface area contributed by atoms with E-state index in [2.05, 4.69) is 10.1 Å². The van der Waals surface area contributed by atoms with Crippen LogP contribution in [0.2, 0.25) is 0 Å². The van der Waals surface area contributed by atoms with Gasteiger partial charge in [0.25, 0.3) is 23.6 Å². The average Bonchev–Trinajstić information content (AvgIpc) is 3.67. The van der Waals surface area contributed by atoms with E-state index in [1.54, 1.807) is 35.3 Å². The summed E-state index contributed by atoms with van der Waals surface area (Å²) < 4.78 is 27.7. The molecule has 3 unspecified atom stereocenters. The molecule has 4 amide bonds. The van der Waals surface area contributed by atoms with Crippen LogP contribution in [0.5, 0.6) is 5.88 Å². The van der Waals surface area contributed by atoms with Gasteiger partial charge in [-0.2, -0.15) is 5.10 Å². The monoisotopic (exact) mass is 821 g/mol. The summed E-state index contributed by atoms with van der Waals surface area (Å²) in [4.78, 5) is 111. The third-order valence-electron chi connectivity index (χ3n) is 9.16. The first-order valence-electron chi connectivity index (χ1n) is 18.3. The molecule has 1 fully saturated rings. The molecule has 59 heavy (non-hydrogen) atoms. The van der Waals surface area contributed by atoms with Gasteiger partial charge >= 0.3 is 23.9 Å². The average molecular weight is 822 g/mol. The minimum atomic E-state index is -1.43. The molecular formula is C39H47N7O13. The van der Waals surface area contributed by atoms with Crippen molar-refractivity contribution >= 4 is 47.5 Å². The molecule has 4 rings (SSSR count). The molecule has 20 nitrogen and oxygen atoms in total. The molecule has 0 saturated carbocycles.